The second-order valence-electron chi connectivity index (χ2n) is 3.30. The Labute approximate surface area is 77.3 Å². The summed E-state index contributed by atoms with van der Waals surface area (Å²) in [7, 11) is -1.53. The number of rotatable bonds is 1. The fourth-order valence-electron chi connectivity index (χ4n) is 1.40. The number of nitrogens with zero attached hydrogens (tertiary/aromatic N) is 1. The van der Waals surface area contributed by atoms with Crippen LogP contribution in [-0.4, -0.2) is 55.5 Å². The Morgan fingerprint density at radius 2 is 2.15 bits per heavy atom. The summed E-state index contributed by atoms with van der Waals surface area (Å²) >= 11 is 0. The monoisotopic (exact) mass is 207 g/mol. The normalized spacial score (nSPS) is 29.5. The van der Waals surface area contributed by atoms with E-state index in [0.29, 0.717) is 13.0 Å². The summed E-state index contributed by atoms with van der Waals surface area (Å²) < 4.78 is 22.5. The molecule has 5 nitrogen and oxygen atoms in total. The minimum Gasteiger partial charge on any atom is -0.480 e. The molecule has 0 aromatic rings. The van der Waals surface area contributed by atoms with Crippen LogP contribution < -0.4 is 0 Å². The van der Waals surface area contributed by atoms with E-state index in [4.69, 9.17) is 5.11 Å². The first kappa shape index (κ1) is 10.5. The van der Waals surface area contributed by atoms with Gasteiger partial charge in [-0.3, -0.25) is 9.69 Å². The van der Waals surface area contributed by atoms with Crippen LogP contribution in [0.2, 0.25) is 0 Å². The molecule has 1 rings (SSSR count). The van der Waals surface area contributed by atoms with E-state index in [2.05, 4.69) is 0 Å². The third-order valence-electron chi connectivity index (χ3n) is 2.20. The van der Waals surface area contributed by atoms with Gasteiger partial charge in [-0.2, -0.15) is 0 Å². The molecule has 1 aliphatic heterocycles. The smallest absolute Gasteiger partial charge is 0.321 e. The summed E-state index contributed by atoms with van der Waals surface area (Å²) in [5.41, 5.74) is 0. The Bertz CT molecular complexity index is 298. The van der Waals surface area contributed by atoms with E-state index in [9.17, 15) is 13.2 Å². The van der Waals surface area contributed by atoms with Gasteiger partial charge in [0.25, 0.3) is 0 Å². The molecule has 1 N–H and O–H groups in total. The number of carbonyl (C=O) groups is 1. The van der Waals surface area contributed by atoms with Crippen LogP contribution in [0.4, 0.5) is 0 Å². The Morgan fingerprint density at radius 1 is 1.54 bits per heavy atom. The molecule has 0 radical (unpaired) electrons. The van der Waals surface area contributed by atoms with Crippen molar-refractivity contribution in [3.05, 3.63) is 0 Å². The lowest BCUT2D eigenvalue weighted by Gasteiger charge is -2.20. The molecule has 0 spiro atoms. The zero-order valence-electron chi connectivity index (χ0n) is 7.43. The molecule has 0 aromatic carbocycles. The summed E-state index contributed by atoms with van der Waals surface area (Å²) in [6.07, 6.45) is 0.516. The van der Waals surface area contributed by atoms with Gasteiger partial charge in [-0.25, -0.2) is 8.42 Å². The first-order valence-electron chi connectivity index (χ1n) is 4.06. The molecule has 1 heterocycles. The lowest BCUT2D eigenvalue weighted by molar-refractivity contribution is -0.141. The summed E-state index contributed by atoms with van der Waals surface area (Å²) in [6, 6.07) is -0.882. The number of sulfone groups is 1. The molecule has 0 aromatic heterocycles. The number of carboxylic acid groups (broad SMARTS) is 1. The molecule has 1 saturated heterocycles. The Hall–Kier alpha value is -0.620. The van der Waals surface area contributed by atoms with Gasteiger partial charge in [0.05, 0.1) is 11.5 Å². The van der Waals surface area contributed by atoms with E-state index in [-0.39, 0.29) is 11.5 Å². The first-order chi connectivity index (χ1) is 5.92. The minimum absolute atomic E-state index is 0.0983. The quantitative estimate of drug-likeness (QED) is 0.608. The van der Waals surface area contributed by atoms with Gasteiger partial charge in [-0.05, 0) is 20.0 Å². The summed E-state index contributed by atoms with van der Waals surface area (Å²) in [6.45, 7) is 0.524. The summed E-state index contributed by atoms with van der Waals surface area (Å²) in [5, 5.41) is 8.76. The molecule has 1 atom stereocenters. The van der Waals surface area contributed by atoms with Crippen LogP contribution in [0.3, 0.4) is 0 Å². The van der Waals surface area contributed by atoms with Crippen molar-refractivity contribution in [3.63, 3.8) is 0 Å². The van der Waals surface area contributed by atoms with Gasteiger partial charge in [-0.1, -0.05) is 0 Å². The van der Waals surface area contributed by atoms with E-state index < -0.39 is 21.8 Å². The van der Waals surface area contributed by atoms with Crippen molar-refractivity contribution in [1.29, 1.82) is 0 Å². The van der Waals surface area contributed by atoms with Crippen molar-refractivity contribution in [1.82, 2.24) is 4.90 Å². The predicted octanol–water partition coefficient (Wildman–Crippen LogP) is -0.810. The van der Waals surface area contributed by atoms with Gasteiger partial charge >= 0.3 is 5.97 Å². The van der Waals surface area contributed by atoms with Gasteiger partial charge in [0.2, 0.25) is 0 Å². The van der Waals surface area contributed by atoms with Crippen molar-refractivity contribution in [2.75, 3.05) is 25.1 Å². The van der Waals surface area contributed by atoms with Gasteiger partial charge < -0.3 is 5.11 Å². The average Bonchev–Trinajstić information content (AvgIpc) is 2.10. The molecule has 1 aliphatic rings. The Morgan fingerprint density at radius 3 is 2.69 bits per heavy atom. The Kier molecular flexibility index (Phi) is 2.92. The fraction of sp³-hybridized carbons (Fsp3) is 0.857. The summed E-state index contributed by atoms with van der Waals surface area (Å²) in [4.78, 5) is 12.3. The number of hydrogen-bond donors (Lipinski definition) is 1. The van der Waals surface area contributed by atoms with Crippen LogP contribution in [0.5, 0.6) is 0 Å². The van der Waals surface area contributed by atoms with Gasteiger partial charge in [0, 0.05) is 0 Å². The van der Waals surface area contributed by atoms with Gasteiger partial charge in [0.15, 0.2) is 9.84 Å². The number of aliphatic carboxylic acids is 1. The number of hydrogen-bond acceptors (Lipinski definition) is 4. The second kappa shape index (κ2) is 3.63. The van der Waals surface area contributed by atoms with Crippen molar-refractivity contribution in [3.8, 4) is 0 Å². The molecule has 0 amide bonds. The lowest BCUT2D eigenvalue weighted by Crippen LogP contribution is -2.41. The van der Waals surface area contributed by atoms with Crippen LogP contribution in [-0.2, 0) is 14.6 Å². The highest BCUT2D eigenvalue weighted by atomic mass is 32.2. The molecular weight excluding hydrogens is 194 g/mol. The van der Waals surface area contributed by atoms with Crippen LogP contribution in [0.25, 0.3) is 0 Å². The standard InChI is InChI=1S/C7H13NO4S/c1-8-3-2-4-13(11,12)5-6(8)7(9)10/h6H,2-5H2,1H3,(H,9,10). The highest BCUT2D eigenvalue weighted by molar-refractivity contribution is 7.91. The maximum absolute atomic E-state index is 11.2. The van der Waals surface area contributed by atoms with Crippen LogP contribution in [0, 0.1) is 0 Å². The lowest BCUT2D eigenvalue weighted by atomic mass is 10.3. The van der Waals surface area contributed by atoms with Gasteiger partial charge in [-0.15, -0.1) is 0 Å². The fourth-order valence-corrected chi connectivity index (χ4v) is 3.01. The molecule has 1 unspecified atom stereocenters. The van der Waals surface area contributed by atoms with E-state index in [1.54, 1.807) is 11.9 Å². The van der Waals surface area contributed by atoms with E-state index in [1.807, 2.05) is 0 Å². The maximum Gasteiger partial charge on any atom is 0.321 e. The summed E-state index contributed by atoms with van der Waals surface area (Å²) in [5.74, 6) is -1.23. The van der Waals surface area contributed by atoms with E-state index in [0.717, 1.165) is 0 Å². The van der Waals surface area contributed by atoms with E-state index >= 15 is 0 Å². The highest BCUT2D eigenvalue weighted by Gasteiger charge is 2.31. The van der Waals surface area contributed by atoms with Crippen molar-refractivity contribution in [2.24, 2.45) is 0 Å². The van der Waals surface area contributed by atoms with Crippen LogP contribution in [0.15, 0.2) is 0 Å². The van der Waals surface area contributed by atoms with Crippen molar-refractivity contribution < 1.29 is 18.3 Å². The topological polar surface area (TPSA) is 74.7 Å². The molecule has 76 valence electrons. The van der Waals surface area contributed by atoms with Crippen molar-refractivity contribution in [2.45, 2.75) is 12.5 Å². The third-order valence-corrected chi connectivity index (χ3v) is 3.93. The average molecular weight is 207 g/mol. The Balaban J connectivity index is 2.85. The molecule has 0 bridgehead atoms. The highest BCUT2D eigenvalue weighted by Crippen LogP contribution is 2.09. The maximum atomic E-state index is 11.2. The molecule has 13 heavy (non-hydrogen) atoms. The minimum atomic E-state index is -3.17. The van der Waals surface area contributed by atoms with Gasteiger partial charge in [0.1, 0.15) is 6.04 Å². The van der Waals surface area contributed by atoms with Crippen molar-refractivity contribution >= 4 is 15.8 Å². The SMILES string of the molecule is CN1CCCS(=O)(=O)CC1C(=O)O. The molecule has 1 fully saturated rings. The molecule has 6 heteroatoms. The largest absolute Gasteiger partial charge is 0.480 e. The van der Waals surface area contributed by atoms with Crippen LogP contribution >= 0.6 is 0 Å². The third kappa shape index (κ3) is 2.67. The number of likely N-dealkylation sites (N-methyl/N-ethyl adjacent to an activating group) is 1. The number of carboxylic acids is 1. The van der Waals surface area contributed by atoms with Crippen LogP contribution in [0.1, 0.15) is 6.42 Å². The predicted molar refractivity (Wildman–Crippen MR) is 47.3 cm³/mol. The molecule has 0 saturated carbocycles. The zero-order chi connectivity index (χ0) is 10.1. The second-order valence-corrected chi connectivity index (χ2v) is 5.53. The zero-order valence-corrected chi connectivity index (χ0v) is 8.25. The molecule has 0 aliphatic carbocycles. The molecular formula is C7H13NO4S. The van der Waals surface area contributed by atoms with E-state index in [1.165, 1.54) is 0 Å². The first-order valence-corrected chi connectivity index (χ1v) is 5.88.